The topological polar surface area (TPSA) is 132 Å². The van der Waals surface area contributed by atoms with E-state index in [9.17, 15) is 9.59 Å². The van der Waals surface area contributed by atoms with Gasteiger partial charge in [-0.25, -0.2) is 9.78 Å². The number of nitrogens with zero attached hydrogens (tertiary/aromatic N) is 3. The molecule has 0 saturated heterocycles. The monoisotopic (exact) mass is 519 g/mol. The number of ether oxygens (including phenoxy) is 1. The standard InChI is InChI=1S/C28H33N5O5/c1-28(2,3)24-17-25(32-38-24)31-27(36)30-19-9-11-20(12-10-19)33-18-29-22-16-21(13-14-23(22)33)37-15-7-5-4-6-8-26(34)35/h9-14,16-18H,4-8,15H2,1-3H3,(H,34,35)(H2,30,31,32,36). The first-order valence-corrected chi connectivity index (χ1v) is 12.7. The maximum absolute atomic E-state index is 12.4. The molecule has 0 atom stereocenters. The van der Waals surface area contributed by atoms with E-state index in [-0.39, 0.29) is 11.8 Å². The molecule has 0 aliphatic heterocycles. The van der Waals surface area contributed by atoms with Gasteiger partial charge in [0.05, 0.1) is 17.6 Å². The molecular formula is C28H33N5O5. The van der Waals surface area contributed by atoms with Crippen molar-refractivity contribution in [2.45, 2.75) is 58.3 Å². The molecule has 0 fully saturated rings. The number of benzene rings is 2. The Bertz CT molecular complexity index is 1380. The van der Waals surface area contributed by atoms with Crippen LogP contribution in [0.1, 0.15) is 58.6 Å². The molecule has 4 aromatic rings. The largest absolute Gasteiger partial charge is 0.494 e. The molecular weight excluding hydrogens is 486 g/mol. The number of imidazole rings is 1. The summed E-state index contributed by atoms with van der Waals surface area (Å²) in [4.78, 5) is 27.4. The van der Waals surface area contributed by atoms with Gasteiger partial charge in [0.2, 0.25) is 0 Å². The highest BCUT2D eigenvalue weighted by Gasteiger charge is 2.20. The van der Waals surface area contributed by atoms with Crippen molar-refractivity contribution in [2.24, 2.45) is 0 Å². The number of amides is 2. The number of carbonyl (C=O) groups is 2. The summed E-state index contributed by atoms with van der Waals surface area (Å²) in [6.07, 6.45) is 5.37. The van der Waals surface area contributed by atoms with Gasteiger partial charge in [-0.15, -0.1) is 0 Å². The smallest absolute Gasteiger partial charge is 0.324 e. The number of carbonyl (C=O) groups excluding carboxylic acids is 1. The summed E-state index contributed by atoms with van der Waals surface area (Å²) in [7, 11) is 0. The van der Waals surface area contributed by atoms with Gasteiger partial charge in [-0.1, -0.05) is 38.8 Å². The molecule has 0 radical (unpaired) electrons. The lowest BCUT2D eigenvalue weighted by atomic mass is 9.93. The lowest BCUT2D eigenvalue weighted by Gasteiger charge is -2.12. The highest BCUT2D eigenvalue weighted by atomic mass is 16.5. The molecule has 2 aromatic carbocycles. The zero-order valence-corrected chi connectivity index (χ0v) is 21.9. The SMILES string of the molecule is CC(C)(C)c1cc(NC(=O)Nc2ccc(-n3cnc4cc(OCCCCCCC(=O)O)ccc43)cc2)no1. The van der Waals surface area contributed by atoms with E-state index in [0.29, 0.717) is 30.3 Å². The Morgan fingerprint density at radius 1 is 1.00 bits per heavy atom. The van der Waals surface area contributed by atoms with Crippen LogP contribution in [0.4, 0.5) is 16.3 Å². The summed E-state index contributed by atoms with van der Waals surface area (Å²) >= 11 is 0. The zero-order chi connectivity index (χ0) is 27.1. The van der Waals surface area contributed by atoms with Gasteiger partial charge in [-0.3, -0.25) is 14.7 Å². The first kappa shape index (κ1) is 26.7. The lowest BCUT2D eigenvalue weighted by molar-refractivity contribution is -0.137. The minimum atomic E-state index is -0.747. The van der Waals surface area contributed by atoms with Gasteiger partial charge in [0.1, 0.15) is 17.8 Å². The third kappa shape index (κ3) is 7.12. The fourth-order valence-electron chi connectivity index (χ4n) is 3.88. The zero-order valence-electron chi connectivity index (χ0n) is 21.9. The average molecular weight is 520 g/mol. The second-order valence-corrected chi connectivity index (χ2v) is 10.1. The number of anilines is 2. The van der Waals surface area contributed by atoms with Crippen molar-refractivity contribution in [3.63, 3.8) is 0 Å². The molecule has 2 aromatic heterocycles. The quantitative estimate of drug-likeness (QED) is 0.196. The molecule has 38 heavy (non-hydrogen) atoms. The van der Waals surface area contributed by atoms with Gasteiger partial charge >= 0.3 is 12.0 Å². The van der Waals surface area contributed by atoms with E-state index in [1.54, 1.807) is 12.4 Å². The summed E-state index contributed by atoms with van der Waals surface area (Å²) < 4.78 is 13.1. The highest BCUT2D eigenvalue weighted by Crippen LogP contribution is 2.25. The van der Waals surface area contributed by atoms with E-state index in [4.69, 9.17) is 14.4 Å². The van der Waals surface area contributed by atoms with E-state index in [2.05, 4.69) is 20.8 Å². The molecule has 2 amide bonds. The number of aliphatic carboxylic acids is 1. The maximum atomic E-state index is 12.4. The van der Waals surface area contributed by atoms with Crippen molar-refractivity contribution in [3.05, 3.63) is 60.6 Å². The number of hydrogen-bond acceptors (Lipinski definition) is 6. The molecule has 10 nitrogen and oxygen atoms in total. The average Bonchev–Trinajstić information content (AvgIpc) is 3.51. The Hall–Kier alpha value is -4.34. The van der Waals surface area contributed by atoms with Gasteiger partial charge in [-0.05, 0) is 49.2 Å². The number of unbranched alkanes of at least 4 members (excludes halogenated alkanes) is 3. The number of nitrogens with one attached hydrogen (secondary N) is 2. The Morgan fingerprint density at radius 2 is 1.76 bits per heavy atom. The lowest BCUT2D eigenvalue weighted by Crippen LogP contribution is -2.19. The Morgan fingerprint density at radius 3 is 2.47 bits per heavy atom. The van der Waals surface area contributed by atoms with Crippen molar-refractivity contribution in [3.8, 4) is 11.4 Å². The van der Waals surface area contributed by atoms with E-state index in [1.807, 2.05) is 67.8 Å². The van der Waals surface area contributed by atoms with Gasteiger partial charge in [0.15, 0.2) is 5.82 Å². The molecule has 0 unspecified atom stereocenters. The Balaban J connectivity index is 1.30. The van der Waals surface area contributed by atoms with Gasteiger partial charge < -0.3 is 19.7 Å². The number of rotatable bonds is 11. The third-order valence-corrected chi connectivity index (χ3v) is 5.97. The van der Waals surface area contributed by atoms with Crippen molar-refractivity contribution >= 4 is 34.5 Å². The predicted molar refractivity (Wildman–Crippen MR) is 145 cm³/mol. The van der Waals surface area contributed by atoms with E-state index >= 15 is 0 Å². The van der Waals surface area contributed by atoms with Crippen molar-refractivity contribution in [1.82, 2.24) is 14.7 Å². The number of carboxylic acids is 1. The highest BCUT2D eigenvalue weighted by molar-refractivity contribution is 5.99. The minimum absolute atomic E-state index is 0.198. The number of fused-ring (bicyclic) bond motifs is 1. The first-order valence-electron chi connectivity index (χ1n) is 12.7. The second-order valence-electron chi connectivity index (χ2n) is 10.1. The summed E-state index contributed by atoms with van der Waals surface area (Å²) in [5.74, 6) is 1.05. The van der Waals surface area contributed by atoms with Crippen molar-refractivity contribution < 1.29 is 24.0 Å². The summed E-state index contributed by atoms with van der Waals surface area (Å²) in [6, 6.07) is 14.5. The molecule has 0 spiro atoms. The van der Waals surface area contributed by atoms with Gasteiger partial charge in [-0.2, -0.15) is 0 Å². The van der Waals surface area contributed by atoms with Crippen LogP contribution in [0.25, 0.3) is 16.7 Å². The number of aromatic nitrogens is 3. The van der Waals surface area contributed by atoms with Crippen LogP contribution in [-0.4, -0.2) is 38.4 Å². The normalized spacial score (nSPS) is 11.4. The van der Waals surface area contributed by atoms with Crippen LogP contribution in [0, 0.1) is 0 Å². The van der Waals surface area contributed by atoms with Crippen LogP contribution < -0.4 is 15.4 Å². The van der Waals surface area contributed by atoms with Gasteiger partial charge in [0, 0.05) is 35.3 Å². The predicted octanol–water partition coefficient (Wildman–Crippen LogP) is 6.37. The van der Waals surface area contributed by atoms with Crippen LogP contribution in [-0.2, 0) is 10.2 Å². The Labute approximate surface area is 221 Å². The molecule has 3 N–H and O–H groups in total. The molecule has 0 aliphatic rings. The van der Waals surface area contributed by atoms with E-state index in [0.717, 1.165) is 41.7 Å². The van der Waals surface area contributed by atoms with Crippen LogP contribution in [0.3, 0.4) is 0 Å². The number of hydrogen-bond donors (Lipinski definition) is 3. The molecule has 200 valence electrons. The fourth-order valence-corrected chi connectivity index (χ4v) is 3.88. The molecule has 4 rings (SSSR count). The first-order chi connectivity index (χ1) is 18.2. The van der Waals surface area contributed by atoms with E-state index in [1.165, 1.54) is 0 Å². The fraction of sp³-hybridized carbons (Fsp3) is 0.357. The molecule has 0 saturated carbocycles. The summed E-state index contributed by atoms with van der Waals surface area (Å²) in [6.45, 7) is 6.60. The summed E-state index contributed by atoms with van der Waals surface area (Å²) in [5.41, 5.74) is 3.09. The number of carboxylic acid groups (broad SMARTS) is 1. The van der Waals surface area contributed by atoms with Crippen molar-refractivity contribution in [1.29, 1.82) is 0 Å². The van der Waals surface area contributed by atoms with E-state index < -0.39 is 12.0 Å². The second kappa shape index (κ2) is 11.8. The summed E-state index contributed by atoms with van der Waals surface area (Å²) in [5, 5.41) is 18.1. The molecule has 10 heteroatoms. The molecule has 0 bridgehead atoms. The molecule has 2 heterocycles. The van der Waals surface area contributed by atoms with Crippen LogP contribution in [0.15, 0.2) is 59.4 Å². The minimum Gasteiger partial charge on any atom is -0.494 e. The van der Waals surface area contributed by atoms with Crippen LogP contribution >= 0.6 is 0 Å². The van der Waals surface area contributed by atoms with Crippen LogP contribution in [0.5, 0.6) is 5.75 Å². The van der Waals surface area contributed by atoms with Gasteiger partial charge in [0.25, 0.3) is 0 Å². The maximum Gasteiger partial charge on any atom is 0.324 e. The molecule has 0 aliphatic carbocycles. The number of urea groups is 1. The van der Waals surface area contributed by atoms with Crippen molar-refractivity contribution in [2.75, 3.05) is 17.2 Å². The third-order valence-electron chi connectivity index (χ3n) is 5.97. The van der Waals surface area contributed by atoms with Crippen LogP contribution in [0.2, 0.25) is 0 Å². The Kier molecular flexibility index (Phi) is 8.30.